The highest BCUT2D eigenvalue weighted by Crippen LogP contribution is 2.14. The standard InChI is InChI=1S/C14H17N5O2/c1-14(2,3)19-8-10(17-18-19)5-6-12-11(13(20)21-4)7-15-9-16-12/h5-9H,1-4H3/b6-5+. The molecule has 2 aromatic heterocycles. The molecule has 0 spiro atoms. The van der Waals surface area contributed by atoms with Gasteiger partial charge >= 0.3 is 5.97 Å². The summed E-state index contributed by atoms with van der Waals surface area (Å²) in [6.07, 6.45) is 8.05. The number of hydrogen-bond donors (Lipinski definition) is 0. The first-order chi connectivity index (χ1) is 9.91. The molecular formula is C14H17N5O2. The Morgan fingerprint density at radius 2 is 2.10 bits per heavy atom. The number of rotatable bonds is 3. The molecule has 0 saturated heterocycles. The summed E-state index contributed by atoms with van der Waals surface area (Å²) in [4.78, 5) is 19.5. The van der Waals surface area contributed by atoms with Crippen molar-refractivity contribution < 1.29 is 9.53 Å². The molecule has 0 atom stereocenters. The summed E-state index contributed by atoms with van der Waals surface area (Å²) in [5.74, 6) is -0.478. The molecule has 7 nitrogen and oxygen atoms in total. The average Bonchev–Trinajstić information content (AvgIpc) is 2.93. The molecule has 7 heteroatoms. The van der Waals surface area contributed by atoms with E-state index in [1.165, 1.54) is 19.6 Å². The summed E-state index contributed by atoms with van der Waals surface area (Å²) in [7, 11) is 1.32. The fraction of sp³-hybridized carbons (Fsp3) is 0.357. The Morgan fingerprint density at radius 1 is 1.33 bits per heavy atom. The first-order valence-corrected chi connectivity index (χ1v) is 6.41. The Kier molecular flexibility index (Phi) is 4.11. The zero-order valence-corrected chi connectivity index (χ0v) is 12.4. The second-order valence-electron chi connectivity index (χ2n) is 5.41. The minimum atomic E-state index is -0.478. The number of carbonyl (C=O) groups is 1. The fourth-order valence-electron chi connectivity index (χ4n) is 1.58. The molecule has 0 saturated carbocycles. The van der Waals surface area contributed by atoms with Gasteiger partial charge in [-0.05, 0) is 32.9 Å². The van der Waals surface area contributed by atoms with E-state index in [4.69, 9.17) is 4.74 Å². The van der Waals surface area contributed by atoms with Gasteiger partial charge in [0.1, 0.15) is 17.6 Å². The van der Waals surface area contributed by atoms with E-state index in [0.29, 0.717) is 17.0 Å². The Hall–Kier alpha value is -2.57. The van der Waals surface area contributed by atoms with Gasteiger partial charge in [-0.25, -0.2) is 19.4 Å². The molecule has 0 bridgehead atoms. The quantitative estimate of drug-likeness (QED) is 0.800. The molecule has 0 amide bonds. The maximum absolute atomic E-state index is 11.6. The molecule has 0 radical (unpaired) electrons. The van der Waals surface area contributed by atoms with E-state index in [-0.39, 0.29) is 5.54 Å². The largest absolute Gasteiger partial charge is 0.465 e. The van der Waals surface area contributed by atoms with Crippen molar-refractivity contribution in [3.05, 3.63) is 35.7 Å². The van der Waals surface area contributed by atoms with Crippen LogP contribution < -0.4 is 0 Å². The van der Waals surface area contributed by atoms with Crippen LogP contribution in [0.15, 0.2) is 18.7 Å². The second kappa shape index (κ2) is 5.82. The van der Waals surface area contributed by atoms with E-state index in [0.717, 1.165) is 0 Å². The van der Waals surface area contributed by atoms with E-state index in [2.05, 4.69) is 20.3 Å². The smallest absolute Gasteiger partial charge is 0.341 e. The second-order valence-corrected chi connectivity index (χ2v) is 5.41. The van der Waals surface area contributed by atoms with Crippen molar-refractivity contribution in [1.29, 1.82) is 0 Å². The van der Waals surface area contributed by atoms with E-state index < -0.39 is 5.97 Å². The van der Waals surface area contributed by atoms with Crippen LogP contribution >= 0.6 is 0 Å². The summed E-state index contributed by atoms with van der Waals surface area (Å²) in [5.41, 5.74) is 1.33. The van der Waals surface area contributed by atoms with Gasteiger partial charge < -0.3 is 4.74 Å². The van der Waals surface area contributed by atoms with E-state index in [1.54, 1.807) is 16.8 Å². The van der Waals surface area contributed by atoms with Crippen molar-refractivity contribution in [2.75, 3.05) is 7.11 Å². The molecule has 0 unspecified atom stereocenters. The predicted molar refractivity (Wildman–Crippen MR) is 77.3 cm³/mol. The Bertz CT molecular complexity index is 670. The summed E-state index contributed by atoms with van der Waals surface area (Å²) in [5, 5.41) is 8.12. The molecule has 2 aromatic rings. The van der Waals surface area contributed by atoms with Crippen molar-refractivity contribution in [3.8, 4) is 0 Å². The Morgan fingerprint density at radius 3 is 2.71 bits per heavy atom. The summed E-state index contributed by atoms with van der Waals surface area (Å²) in [6, 6.07) is 0. The topological polar surface area (TPSA) is 82.8 Å². The van der Waals surface area contributed by atoms with Crippen LogP contribution in [0, 0.1) is 0 Å². The highest BCUT2D eigenvalue weighted by Gasteiger charge is 2.14. The lowest BCUT2D eigenvalue weighted by atomic mass is 10.1. The van der Waals surface area contributed by atoms with E-state index >= 15 is 0 Å². The van der Waals surface area contributed by atoms with Gasteiger partial charge in [-0.3, -0.25) is 0 Å². The van der Waals surface area contributed by atoms with Crippen LogP contribution in [0.25, 0.3) is 12.2 Å². The first kappa shape index (κ1) is 14.8. The molecule has 0 aliphatic heterocycles. The number of ether oxygens (including phenoxy) is 1. The Labute approximate surface area is 122 Å². The minimum Gasteiger partial charge on any atom is -0.465 e. The highest BCUT2D eigenvalue weighted by molar-refractivity contribution is 5.93. The van der Waals surface area contributed by atoms with Crippen molar-refractivity contribution in [2.24, 2.45) is 0 Å². The van der Waals surface area contributed by atoms with Crippen LogP contribution in [0.5, 0.6) is 0 Å². The number of esters is 1. The van der Waals surface area contributed by atoms with Crippen LogP contribution in [-0.4, -0.2) is 38.0 Å². The lowest BCUT2D eigenvalue weighted by molar-refractivity contribution is 0.0599. The highest BCUT2D eigenvalue weighted by atomic mass is 16.5. The fourth-order valence-corrected chi connectivity index (χ4v) is 1.58. The third-order valence-corrected chi connectivity index (χ3v) is 2.76. The van der Waals surface area contributed by atoms with Crippen LogP contribution in [0.2, 0.25) is 0 Å². The summed E-state index contributed by atoms with van der Waals surface area (Å²) >= 11 is 0. The van der Waals surface area contributed by atoms with Gasteiger partial charge in [0.15, 0.2) is 0 Å². The maximum atomic E-state index is 11.6. The molecule has 0 aliphatic carbocycles. The number of methoxy groups -OCH3 is 1. The molecule has 0 N–H and O–H groups in total. The van der Waals surface area contributed by atoms with Crippen molar-refractivity contribution in [3.63, 3.8) is 0 Å². The molecule has 2 rings (SSSR count). The molecule has 0 fully saturated rings. The maximum Gasteiger partial charge on any atom is 0.341 e. The third kappa shape index (κ3) is 3.50. The third-order valence-electron chi connectivity index (χ3n) is 2.76. The van der Waals surface area contributed by atoms with Gasteiger partial charge in [0.2, 0.25) is 0 Å². The predicted octanol–water partition coefficient (Wildman–Crippen LogP) is 1.78. The number of aromatic nitrogens is 5. The van der Waals surface area contributed by atoms with Crippen LogP contribution in [0.3, 0.4) is 0 Å². The van der Waals surface area contributed by atoms with Gasteiger partial charge in [0.05, 0.1) is 24.5 Å². The molecular weight excluding hydrogens is 270 g/mol. The molecule has 0 aromatic carbocycles. The van der Waals surface area contributed by atoms with Gasteiger partial charge in [0.25, 0.3) is 0 Å². The molecule has 110 valence electrons. The summed E-state index contributed by atoms with van der Waals surface area (Å²) < 4.78 is 6.46. The number of hydrogen-bond acceptors (Lipinski definition) is 6. The molecule has 2 heterocycles. The Balaban J connectivity index is 2.26. The van der Waals surface area contributed by atoms with Crippen molar-refractivity contribution >= 4 is 18.1 Å². The monoisotopic (exact) mass is 287 g/mol. The normalized spacial score (nSPS) is 11.8. The van der Waals surface area contributed by atoms with E-state index in [9.17, 15) is 4.79 Å². The average molecular weight is 287 g/mol. The van der Waals surface area contributed by atoms with Gasteiger partial charge in [-0.15, -0.1) is 5.10 Å². The van der Waals surface area contributed by atoms with Crippen molar-refractivity contribution in [1.82, 2.24) is 25.0 Å². The van der Waals surface area contributed by atoms with Gasteiger partial charge in [-0.1, -0.05) is 5.21 Å². The minimum absolute atomic E-state index is 0.134. The lowest BCUT2D eigenvalue weighted by Crippen LogP contribution is -2.22. The number of carbonyl (C=O) groups excluding carboxylic acids is 1. The van der Waals surface area contributed by atoms with Crippen LogP contribution in [0.4, 0.5) is 0 Å². The van der Waals surface area contributed by atoms with Gasteiger partial charge in [-0.2, -0.15) is 0 Å². The number of nitrogens with zero attached hydrogens (tertiary/aromatic N) is 5. The zero-order chi connectivity index (χ0) is 15.5. The lowest BCUT2D eigenvalue weighted by Gasteiger charge is -2.17. The first-order valence-electron chi connectivity index (χ1n) is 6.41. The summed E-state index contributed by atoms with van der Waals surface area (Å²) in [6.45, 7) is 6.11. The van der Waals surface area contributed by atoms with Crippen LogP contribution in [0.1, 0.15) is 42.5 Å². The van der Waals surface area contributed by atoms with Crippen molar-refractivity contribution in [2.45, 2.75) is 26.3 Å². The van der Waals surface area contributed by atoms with E-state index in [1.807, 2.05) is 27.0 Å². The van der Waals surface area contributed by atoms with Crippen LogP contribution in [-0.2, 0) is 10.3 Å². The zero-order valence-electron chi connectivity index (χ0n) is 12.4. The molecule has 21 heavy (non-hydrogen) atoms. The SMILES string of the molecule is COC(=O)c1cncnc1/C=C/c1cn(C(C)(C)C)nn1. The van der Waals surface area contributed by atoms with Gasteiger partial charge in [0, 0.05) is 6.20 Å². The molecule has 0 aliphatic rings.